The molecule has 0 saturated carbocycles. The lowest BCUT2D eigenvalue weighted by Gasteiger charge is -2.08. The Morgan fingerprint density at radius 2 is 2.00 bits per heavy atom. The second-order valence-corrected chi connectivity index (χ2v) is 5.92. The summed E-state index contributed by atoms with van der Waals surface area (Å²) in [5.41, 5.74) is 3.09. The van der Waals surface area contributed by atoms with Gasteiger partial charge in [0.1, 0.15) is 12.1 Å². The van der Waals surface area contributed by atoms with Gasteiger partial charge in [-0.3, -0.25) is 9.20 Å². The summed E-state index contributed by atoms with van der Waals surface area (Å²) in [4.78, 5) is 16.9. The Hall–Kier alpha value is -3.19. The van der Waals surface area contributed by atoms with Crippen LogP contribution in [0.25, 0.3) is 16.7 Å². The Balaban J connectivity index is 1.68. The number of phenolic OH excluding ortho intramolecular Hbond substituents is 1. The topological polar surface area (TPSA) is 92.4 Å². The van der Waals surface area contributed by atoms with Crippen molar-refractivity contribution in [2.24, 2.45) is 0 Å². The summed E-state index contributed by atoms with van der Waals surface area (Å²) < 4.78 is 1.78. The molecule has 25 heavy (non-hydrogen) atoms. The molecule has 4 aromatic rings. The predicted octanol–water partition coefficient (Wildman–Crippen LogP) is 2.82. The number of nitrogens with one attached hydrogen (secondary N) is 1. The highest BCUT2D eigenvalue weighted by Gasteiger charge is 2.14. The number of anilines is 1. The van der Waals surface area contributed by atoms with Gasteiger partial charge in [-0.05, 0) is 42.5 Å². The molecule has 0 aliphatic carbocycles. The first-order valence-electron chi connectivity index (χ1n) is 7.47. The predicted molar refractivity (Wildman–Crippen MR) is 93.7 cm³/mol. The molecule has 1 amide bonds. The number of hydrogen-bond donors (Lipinski definition) is 2. The van der Waals surface area contributed by atoms with Gasteiger partial charge in [0.05, 0.1) is 23.1 Å². The maximum atomic E-state index is 12.3. The van der Waals surface area contributed by atoms with E-state index >= 15 is 0 Å². The highest BCUT2D eigenvalue weighted by Crippen LogP contribution is 2.21. The molecule has 0 bridgehead atoms. The minimum absolute atomic E-state index is 0.0333. The Morgan fingerprint density at radius 1 is 1.20 bits per heavy atom. The molecule has 0 aliphatic heterocycles. The van der Waals surface area contributed by atoms with Crippen LogP contribution < -0.4 is 5.32 Å². The van der Waals surface area contributed by atoms with Crippen LogP contribution >= 0.6 is 11.6 Å². The number of fused-ring (bicyclic) bond motifs is 3. The number of amides is 1. The number of halogens is 1. The number of rotatable bonds is 3. The lowest BCUT2D eigenvalue weighted by atomic mass is 10.2. The largest absolute Gasteiger partial charge is 0.508 e. The Morgan fingerprint density at radius 3 is 2.80 bits per heavy atom. The summed E-state index contributed by atoms with van der Waals surface area (Å²) >= 11 is 6.04. The number of aromatic hydroxyl groups is 1. The second-order valence-electron chi connectivity index (χ2n) is 5.49. The van der Waals surface area contributed by atoms with E-state index in [4.69, 9.17) is 11.6 Å². The van der Waals surface area contributed by atoms with Gasteiger partial charge in [0, 0.05) is 10.7 Å². The van der Waals surface area contributed by atoms with E-state index in [1.165, 1.54) is 12.1 Å². The zero-order valence-corrected chi connectivity index (χ0v) is 13.6. The van der Waals surface area contributed by atoms with Crippen LogP contribution in [0, 0.1) is 0 Å². The standard InChI is InChI=1S/C17H12ClN5O2/c18-10-1-6-15-13(7-10)21-14(17-22-19-9-23(15)17)8-16(25)20-11-2-4-12(24)5-3-11/h1-7,9,24H,8H2,(H,20,25). The molecule has 7 nitrogen and oxygen atoms in total. The molecule has 2 N–H and O–H groups in total. The van der Waals surface area contributed by atoms with Crippen molar-refractivity contribution in [1.29, 1.82) is 0 Å². The molecule has 2 aromatic heterocycles. The summed E-state index contributed by atoms with van der Waals surface area (Å²) in [5, 5.41) is 20.6. The van der Waals surface area contributed by atoms with E-state index in [1.54, 1.807) is 35.0 Å². The van der Waals surface area contributed by atoms with Gasteiger partial charge in [-0.15, -0.1) is 10.2 Å². The summed E-state index contributed by atoms with van der Waals surface area (Å²) in [7, 11) is 0. The molecule has 124 valence electrons. The van der Waals surface area contributed by atoms with Crippen molar-refractivity contribution in [1.82, 2.24) is 19.6 Å². The number of carbonyl (C=O) groups excluding carboxylic acids is 1. The van der Waals surface area contributed by atoms with Crippen molar-refractivity contribution in [3.05, 3.63) is 59.5 Å². The van der Waals surface area contributed by atoms with E-state index in [2.05, 4.69) is 20.5 Å². The molecule has 0 radical (unpaired) electrons. The number of benzene rings is 2. The molecule has 0 spiro atoms. The Bertz CT molecular complexity index is 1090. The number of carbonyl (C=O) groups is 1. The first kappa shape index (κ1) is 15.3. The van der Waals surface area contributed by atoms with Crippen LogP contribution in [0.15, 0.2) is 48.8 Å². The molecule has 0 atom stereocenters. The van der Waals surface area contributed by atoms with Crippen LogP contribution in [0.5, 0.6) is 5.75 Å². The quantitative estimate of drug-likeness (QED) is 0.552. The molecule has 0 unspecified atom stereocenters. The number of aromatic nitrogens is 4. The van der Waals surface area contributed by atoms with Crippen LogP contribution in [-0.2, 0) is 11.2 Å². The third kappa shape index (κ3) is 2.97. The highest BCUT2D eigenvalue weighted by molar-refractivity contribution is 6.31. The summed E-state index contributed by atoms with van der Waals surface area (Å²) in [6, 6.07) is 11.6. The summed E-state index contributed by atoms with van der Waals surface area (Å²) in [6.45, 7) is 0. The minimum Gasteiger partial charge on any atom is -0.508 e. The third-order valence-electron chi connectivity index (χ3n) is 3.74. The normalized spacial score (nSPS) is 11.1. The van der Waals surface area contributed by atoms with Crippen molar-refractivity contribution in [2.75, 3.05) is 5.32 Å². The highest BCUT2D eigenvalue weighted by atomic mass is 35.5. The zero-order valence-electron chi connectivity index (χ0n) is 12.8. The van der Waals surface area contributed by atoms with Crippen molar-refractivity contribution in [3.8, 4) is 5.75 Å². The van der Waals surface area contributed by atoms with Gasteiger partial charge < -0.3 is 10.4 Å². The van der Waals surface area contributed by atoms with Gasteiger partial charge in [-0.2, -0.15) is 0 Å². The first-order chi connectivity index (χ1) is 12.1. The fraction of sp³-hybridized carbons (Fsp3) is 0.0588. The number of hydrogen-bond acceptors (Lipinski definition) is 5. The number of phenols is 1. The summed E-state index contributed by atoms with van der Waals surface area (Å²) in [5.74, 6) is -0.110. The maximum absolute atomic E-state index is 12.3. The fourth-order valence-corrected chi connectivity index (χ4v) is 2.78. The van der Waals surface area contributed by atoms with E-state index in [1.807, 2.05) is 6.07 Å². The van der Waals surface area contributed by atoms with Crippen LogP contribution in [0.2, 0.25) is 5.02 Å². The molecule has 0 aliphatic rings. The van der Waals surface area contributed by atoms with Crippen LogP contribution in [0.4, 0.5) is 5.69 Å². The summed E-state index contributed by atoms with van der Waals surface area (Å²) in [6.07, 6.45) is 1.61. The fourth-order valence-electron chi connectivity index (χ4n) is 2.61. The monoisotopic (exact) mass is 353 g/mol. The van der Waals surface area contributed by atoms with Gasteiger partial charge in [0.15, 0.2) is 5.65 Å². The van der Waals surface area contributed by atoms with Crippen LogP contribution in [-0.4, -0.2) is 30.6 Å². The minimum atomic E-state index is -0.246. The van der Waals surface area contributed by atoms with E-state index in [0.29, 0.717) is 27.6 Å². The molecular weight excluding hydrogens is 342 g/mol. The van der Waals surface area contributed by atoms with Crippen molar-refractivity contribution in [3.63, 3.8) is 0 Å². The number of nitrogens with zero attached hydrogens (tertiary/aromatic N) is 4. The van der Waals surface area contributed by atoms with Crippen molar-refractivity contribution < 1.29 is 9.90 Å². The first-order valence-corrected chi connectivity index (χ1v) is 7.85. The molecule has 2 aromatic carbocycles. The molecule has 2 heterocycles. The lowest BCUT2D eigenvalue weighted by molar-refractivity contribution is -0.115. The van der Waals surface area contributed by atoms with E-state index in [9.17, 15) is 9.90 Å². The molecule has 8 heteroatoms. The molecule has 0 saturated heterocycles. The van der Waals surface area contributed by atoms with Crippen LogP contribution in [0.3, 0.4) is 0 Å². The molecular formula is C17H12ClN5O2. The third-order valence-corrected chi connectivity index (χ3v) is 3.97. The Kier molecular flexibility index (Phi) is 3.70. The molecule has 0 fully saturated rings. The van der Waals surface area contributed by atoms with Gasteiger partial charge in [-0.1, -0.05) is 11.6 Å². The SMILES string of the molecule is O=C(Cc1nc2cc(Cl)ccc2n2cnnc12)Nc1ccc(O)cc1. The van der Waals surface area contributed by atoms with Crippen molar-refractivity contribution >= 4 is 39.9 Å². The van der Waals surface area contributed by atoms with E-state index in [0.717, 1.165) is 5.52 Å². The molecule has 4 rings (SSSR count). The van der Waals surface area contributed by atoms with Crippen LogP contribution in [0.1, 0.15) is 5.69 Å². The Labute approximate surface area is 146 Å². The van der Waals surface area contributed by atoms with Gasteiger partial charge in [-0.25, -0.2) is 4.98 Å². The smallest absolute Gasteiger partial charge is 0.230 e. The van der Waals surface area contributed by atoms with E-state index < -0.39 is 0 Å². The maximum Gasteiger partial charge on any atom is 0.230 e. The zero-order chi connectivity index (χ0) is 17.4. The van der Waals surface area contributed by atoms with Crippen molar-refractivity contribution in [2.45, 2.75) is 6.42 Å². The average molecular weight is 354 g/mol. The van der Waals surface area contributed by atoms with E-state index in [-0.39, 0.29) is 18.1 Å². The van der Waals surface area contributed by atoms with Gasteiger partial charge in [0.2, 0.25) is 5.91 Å². The second kappa shape index (κ2) is 6.03. The average Bonchev–Trinajstić information content (AvgIpc) is 3.07. The van der Waals surface area contributed by atoms with Gasteiger partial charge >= 0.3 is 0 Å². The van der Waals surface area contributed by atoms with Gasteiger partial charge in [0.25, 0.3) is 0 Å². The lowest BCUT2D eigenvalue weighted by Crippen LogP contribution is -2.16.